The van der Waals surface area contributed by atoms with Crippen LogP contribution in [-0.4, -0.2) is 5.97 Å². The number of carbonyl (C=O) groups excluding carboxylic acids is 1. The Bertz CT molecular complexity index is 1360. The number of carbonyl (C=O) groups is 1. The van der Waals surface area contributed by atoms with Crippen molar-refractivity contribution in [2.24, 2.45) is 0 Å². The fraction of sp³-hybridized carbons (Fsp3) is 0.111. The van der Waals surface area contributed by atoms with Crippen LogP contribution in [0.15, 0.2) is 82.2 Å². The Morgan fingerprint density at radius 1 is 0.844 bits per heavy atom. The zero-order chi connectivity index (χ0) is 22.7. The molecule has 1 heterocycles. The average Bonchev–Trinajstić information content (AvgIpc) is 2.75. The highest BCUT2D eigenvalue weighted by atomic mass is 16.5. The van der Waals surface area contributed by atoms with Gasteiger partial charge in [-0.15, -0.1) is 0 Å². The highest BCUT2D eigenvalue weighted by Crippen LogP contribution is 2.25. The lowest BCUT2D eigenvalue weighted by molar-refractivity contribution is -0.128. The lowest BCUT2D eigenvalue weighted by Crippen LogP contribution is -2.06. The summed E-state index contributed by atoms with van der Waals surface area (Å²) in [6, 6.07) is 18.1. The molecule has 0 fully saturated rings. The van der Waals surface area contributed by atoms with Crippen LogP contribution in [0.2, 0.25) is 0 Å². The molecule has 0 radical (unpaired) electrons. The molecule has 5 heteroatoms. The minimum absolute atomic E-state index is 0.0910. The molecule has 0 amide bonds. The summed E-state index contributed by atoms with van der Waals surface area (Å²) in [6.45, 7) is 5.92. The van der Waals surface area contributed by atoms with Crippen molar-refractivity contribution in [3.63, 3.8) is 0 Å². The molecule has 32 heavy (non-hydrogen) atoms. The van der Waals surface area contributed by atoms with Gasteiger partial charge in [-0.25, -0.2) is 4.79 Å². The van der Waals surface area contributed by atoms with Gasteiger partial charge in [0.2, 0.25) is 11.2 Å². The van der Waals surface area contributed by atoms with E-state index in [4.69, 9.17) is 13.9 Å². The van der Waals surface area contributed by atoms with Crippen LogP contribution in [0.3, 0.4) is 0 Å². The van der Waals surface area contributed by atoms with Gasteiger partial charge in [0.1, 0.15) is 23.3 Å². The number of fused-ring (bicyclic) bond motifs is 1. The third kappa shape index (κ3) is 4.95. The number of hydrogen-bond donors (Lipinski definition) is 0. The van der Waals surface area contributed by atoms with Crippen LogP contribution in [0.25, 0.3) is 17.0 Å². The lowest BCUT2D eigenvalue weighted by Gasteiger charge is -2.08. The molecular weight excluding hydrogens is 404 g/mol. The Hall–Kier alpha value is -4.12. The first-order chi connectivity index (χ1) is 15.4. The molecule has 5 nitrogen and oxygen atoms in total. The van der Waals surface area contributed by atoms with Crippen molar-refractivity contribution in [2.45, 2.75) is 20.8 Å². The molecular formula is C27H22O5. The van der Waals surface area contributed by atoms with E-state index in [0.29, 0.717) is 16.7 Å². The molecule has 0 spiro atoms. The van der Waals surface area contributed by atoms with Crippen molar-refractivity contribution in [1.82, 2.24) is 0 Å². The highest BCUT2D eigenvalue weighted by Gasteiger charge is 2.12. The van der Waals surface area contributed by atoms with Gasteiger partial charge in [-0.1, -0.05) is 35.9 Å². The summed E-state index contributed by atoms with van der Waals surface area (Å²) < 4.78 is 16.7. The van der Waals surface area contributed by atoms with Gasteiger partial charge in [-0.05, 0) is 67.8 Å². The number of benzene rings is 3. The molecule has 0 bridgehead atoms. The molecule has 0 unspecified atom stereocenters. The third-order valence-electron chi connectivity index (χ3n) is 4.85. The smallest absolute Gasteiger partial charge is 0.336 e. The zero-order valence-corrected chi connectivity index (χ0v) is 18.0. The summed E-state index contributed by atoms with van der Waals surface area (Å²) in [4.78, 5) is 25.0. The molecule has 4 aromatic rings. The average molecular weight is 426 g/mol. The van der Waals surface area contributed by atoms with Crippen LogP contribution < -0.4 is 14.9 Å². The number of aryl methyl sites for hydroxylation is 3. The maximum atomic E-state index is 12.8. The second-order valence-electron chi connectivity index (χ2n) is 7.68. The Labute approximate surface area is 185 Å². The van der Waals surface area contributed by atoms with E-state index in [0.717, 1.165) is 22.3 Å². The normalized spacial score (nSPS) is 11.1. The molecule has 0 aliphatic heterocycles. The molecule has 0 aliphatic carbocycles. The van der Waals surface area contributed by atoms with Gasteiger partial charge >= 0.3 is 5.97 Å². The van der Waals surface area contributed by atoms with Crippen LogP contribution in [-0.2, 0) is 4.79 Å². The number of ether oxygens (including phenoxy) is 2. The number of hydrogen-bond acceptors (Lipinski definition) is 5. The summed E-state index contributed by atoms with van der Waals surface area (Å²) in [5.74, 6) is 0.414. The highest BCUT2D eigenvalue weighted by molar-refractivity contribution is 5.89. The molecule has 0 saturated heterocycles. The standard InChI is InChI=1S/C27H22O5/c1-17-4-6-20(7-5-17)8-11-26(28)32-21-9-10-23-24(15-21)30-16-25(27(23)29)31-22-13-18(2)12-19(3)14-22/h4-16H,1-3H3/b11-8+. The van der Waals surface area contributed by atoms with Gasteiger partial charge in [0.05, 0.1) is 5.39 Å². The topological polar surface area (TPSA) is 65.7 Å². The molecule has 4 rings (SSSR count). The predicted octanol–water partition coefficient (Wildman–Crippen LogP) is 6.13. The van der Waals surface area contributed by atoms with Gasteiger partial charge in [-0.3, -0.25) is 4.79 Å². The van der Waals surface area contributed by atoms with E-state index in [1.54, 1.807) is 18.2 Å². The second kappa shape index (κ2) is 8.94. The fourth-order valence-electron chi connectivity index (χ4n) is 3.34. The summed E-state index contributed by atoms with van der Waals surface area (Å²) in [7, 11) is 0. The van der Waals surface area contributed by atoms with Gasteiger partial charge in [-0.2, -0.15) is 0 Å². The third-order valence-corrected chi connectivity index (χ3v) is 4.85. The Kier molecular flexibility index (Phi) is 5.90. The molecule has 0 atom stereocenters. The summed E-state index contributed by atoms with van der Waals surface area (Å²) in [5, 5.41) is 0.335. The van der Waals surface area contributed by atoms with E-state index in [1.165, 1.54) is 18.4 Å². The summed E-state index contributed by atoms with van der Waals surface area (Å²) >= 11 is 0. The van der Waals surface area contributed by atoms with Gasteiger partial charge in [0, 0.05) is 12.1 Å². The minimum Gasteiger partial charge on any atom is -0.460 e. The SMILES string of the molecule is Cc1ccc(/C=C/C(=O)Oc2ccc3c(=O)c(Oc4cc(C)cc(C)c4)coc3c2)cc1. The molecule has 0 aliphatic rings. The van der Waals surface area contributed by atoms with Crippen molar-refractivity contribution < 1.29 is 18.7 Å². The fourth-order valence-corrected chi connectivity index (χ4v) is 3.34. The summed E-state index contributed by atoms with van der Waals surface area (Å²) in [5.41, 5.74) is 4.11. The van der Waals surface area contributed by atoms with Crippen LogP contribution in [0.5, 0.6) is 17.2 Å². The van der Waals surface area contributed by atoms with E-state index in [-0.39, 0.29) is 16.9 Å². The summed E-state index contributed by atoms with van der Waals surface area (Å²) in [6.07, 6.45) is 4.30. The molecule has 160 valence electrons. The van der Waals surface area contributed by atoms with E-state index in [2.05, 4.69) is 0 Å². The van der Waals surface area contributed by atoms with Gasteiger partial charge in [0.15, 0.2) is 0 Å². The van der Waals surface area contributed by atoms with E-state index in [1.807, 2.05) is 63.2 Å². The quantitative estimate of drug-likeness (QED) is 0.218. The Morgan fingerprint density at radius 3 is 2.28 bits per heavy atom. The predicted molar refractivity (Wildman–Crippen MR) is 124 cm³/mol. The van der Waals surface area contributed by atoms with Crippen LogP contribution in [0.4, 0.5) is 0 Å². The molecule has 3 aromatic carbocycles. The minimum atomic E-state index is -0.526. The first-order valence-corrected chi connectivity index (χ1v) is 10.2. The first kappa shape index (κ1) is 21.1. The van der Waals surface area contributed by atoms with Crippen molar-refractivity contribution >= 4 is 23.0 Å². The van der Waals surface area contributed by atoms with Crippen molar-refractivity contribution in [2.75, 3.05) is 0 Å². The monoisotopic (exact) mass is 426 g/mol. The van der Waals surface area contributed by atoms with Crippen molar-refractivity contribution in [3.05, 3.63) is 105 Å². The number of esters is 1. The van der Waals surface area contributed by atoms with Crippen LogP contribution in [0.1, 0.15) is 22.3 Å². The van der Waals surface area contributed by atoms with E-state index < -0.39 is 5.97 Å². The van der Waals surface area contributed by atoms with E-state index >= 15 is 0 Å². The molecule has 0 saturated carbocycles. The van der Waals surface area contributed by atoms with Gasteiger partial charge < -0.3 is 13.9 Å². The van der Waals surface area contributed by atoms with Gasteiger partial charge in [0.25, 0.3) is 0 Å². The first-order valence-electron chi connectivity index (χ1n) is 10.2. The van der Waals surface area contributed by atoms with Crippen molar-refractivity contribution in [3.8, 4) is 17.2 Å². The number of rotatable bonds is 5. The van der Waals surface area contributed by atoms with Crippen molar-refractivity contribution in [1.29, 1.82) is 0 Å². The molecule has 0 N–H and O–H groups in total. The lowest BCUT2D eigenvalue weighted by atomic mass is 10.1. The second-order valence-corrected chi connectivity index (χ2v) is 7.68. The maximum Gasteiger partial charge on any atom is 0.336 e. The van der Waals surface area contributed by atoms with Crippen LogP contribution in [0, 0.1) is 20.8 Å². The zero-order valence-electron chi connectivity index (χ0n) is 18.0. The largest absolute Gasteiger partial charge is 0.460 e. The van der Waals surface area contributed by atoms with E-state index in [9.17, 15) is 9.59 Å². The van der Waals surface area contributed by atoms with Crippen LogP contribution >= 0.6 is 0 Å². The Morgan fingerprint density at radius 2 is 1.56 bits per heavy atom. The maximum absolute atomic E-state index is 12.8. The molecule has 1 aromatic heterocycles. The Balaban J connectivity index is 1.52.